The van der Waals surface area contributed by atoms with Crippen LogP contribution in [0.25, 0.3) is 0 Å². The van der Waals surface area contributed by atoms with E-state index in [9.17, 15) is 4.79 Å². The molecule has 1 heterocycles. The summed E-state index contributed by atoms with van der Waals surface area (Å²) in [5.41, 5.74) is 0. The van der Waals surface area contributed by atoms with Crippen molar-refractivity contribution in [3.05, 3.63) is 10.0 Å². The average molecular weight is 274 g/mol. The van der Waals surface area contributed by atoms with E-state index in [1.54, 1.807) is 0 Å². The molecule has 0 atom stereocenters. The molecule has 0 aliphatic carbocycles. The van der Waals surface area contributed by atoms with Gasteiger partial charge in [0.2, 0.25) is 0 Å². The molecule has 5 nitrogen and oxygen atoms in total. The van der Waals surface area contributed by atoms with Gasteiger partial charge in [0.25, 0.3) is 0 Å². The predicted octanol–water partition coefficient (Wildman–Crippen LogP) is 2.69. The highest BCUT2D eigenvalue weighted by Gasteiger charge is 2.16. The second-order valence-corrected chi connectivity index (χ2v) is 4.53. The van der Waals surface area contributed by atoms with Gasteiger partial charge in [-0.05, 0) is 12.8 Å². The molecule has 7 heteroatoms. The molecular weight excluding hydrogens is 262 g/mol. The summed E-state index contributed by atoms with van der Waals surface area (Å²) in [5, 5.41) is 12.2. The Bertz CT molecular complexity index is 428. The smallest absolute Gasteiger partial charge is 0.351 e. The second-order valence-electron chi connectivity index (χ2n) is 3.17. The number of anilines is 1. The summed E-state index contributed by atoms with van der Waals surface area (Å²) >= 11 is 6.96. The number of esters is 1. The summed E-state index contributed by atoms with van der Waals surface area (Å²) in [7, 11) is 1.30. The summed E-state index contributed by atoms with van der Waals surface area (Å²) in [6.45, 7) is 0.701. The number of ether oxygens (including phenoxy) is 1. The molecule has 0 spiro atoms. The SMILES string of the molecule is COC(=O)c1sc(NCCCCC#N)nc1Cl. The van der Waals surface area contributed by atoms with Crippen LogP contribution in [0.3, 0.4) is 0 Å². The van der Waals surface area contributed by atoms with Gasteiger partial charge in [0, 0.05) is 13.0 Å². The van der Waals surface area contributed by atoms with Gasteiger partial charge in [0.15, 0.2) is 15.2 Å². The number of thiazole rings is 1. The van der Waals surface area contributed by atoms with Crippen LogP contribution in [0.4, 0.5) is 5.13 Å². The van der Waals surface area contributed by atoms with E-state index in [0.29, 0.717) is 23.0 Å². The van der Waals surface area contributed by atoms with E-state index in [-0.39, 0.29) is 5.15 Å². The van der Waals surface area contributed by atoms with Gasteiger partial charge in [-0.25, -0.2) is 9.78 Å². The second kappa shape index (κ2) is 7.09. The van der Waals surface area contributed by atoms with E-state index >= 15 is 0 Å². The van der Waals surface area contributed by atoms with Crippen LogP contribution in [0, 0.1) is 11.3 Å². The van der Waals surface area contributed by atoms with Crippen LogP contribution in [0.5, 0.6) is 0 Å². The number of unbranched alkanes of at least 4 members (excludes halogenated alkanes) is 2. The molecule has 1 N–H and O–H groups in total. The number of aromatic nitrogens is 1. The molecule has 0 aromatic carbocycles. The molecule has 0 radical (unpaired) electrons. The maximum absolute atomic E-state index is 11.3. The Hall–Kier alpha value is -1.32. The number of hydrogen-bond donors (Lipinski definition) is 1. The monoisotopic (exact) mass is 273 g/mol. The lowest BCUT2D eigenvalue weighted by Gasteiger charge is -1.99. The molecular formula is C10H12ClN3O2S. The Balaban J connectivity index is 2.45. The van der Waals surface area contributed by atoms with E-state index in [1.165, 1.54) is 7.11 Å². The summed E-state index contributed by atoms with van der Waals surface area (Å²) in [4.78, 5) is 15.6. The van der Waals surface area contributed by atoms with E-state index in [4.69, 9.17) is 16.9 Å². The predicted molar refractivity (Wildman–Crippen MR) is 66.4 cm³/mol. The van der Waals surface area contributed by atoms with Crippen molar-refractivity contribution in [2.45, 2.75) is 19.3 Å². The number of halogens is 1. The minimum Gasteiger partial charge on any atom is -0.465 e. The van der Waals surface area contributed by atoms with Gasteiger partial charge in [-0.1, -0.05) is 22.9 Å². The van der Waals surface area contributed by atoms with Gasteiger partial charge >= 0.3 is 5.97 Å². The fourth-order valence-corrected chi connectivity index (χ4v) is 2.25. The molecule has 0 saturated heterocycles. The van der Waals surface area contributed by atoms with Crippen molar-refractivity contribution in [3.8, 4) is 6.07 Å². The summed E-state index contributed by atoms with van der Waals surface area (Å²) in [6.07, 6.45) is 2.26. The summed E-state index contributed by atoms with van der Waals surface area (Å²) in [5.74, 6) is -0.481. The van der Waals surface area contributed by atoms with Crippen LogP contribution in [0.2, 0.25) is 5.15 Å². The highest BCUT2D eigenvalue weighted by molar-refractivity contribution is 7.18. The molecule has 17 heavy (non-hydrogen) atoms. The first-order valence-corrected chi connectivity index (χ1v) is 6.24. The van der Waals surface area contributed by atoms with E-state index in [0.717, 1.165) is 24.2 Å². The molecule has 0 unspecified atom stereocenters. The van der Waals surface area contributed by atoms with Gasteiger partial charge in [-0.2, -0.15) is 5.26 Å². The van der Waals surface area contributed by atoms with Gasteiger partial charge in [-0.15, -0.1) is 0 Å². The standard InChI is InChI=1S/C10H12ClN3O2S/c1-16-9(15)7-8(11)14-10(17-7)13-6-4-2-3-5-12/h2-4,6H2,1H3,(H,13,14). The number of rotatable bonds is 6. The Morgan fingerprint density at radius 3 is 3.06 bits per heavy atom. The molecule has 1 aromatic rings. The third-order valence-corrected chi connectivity index (χ3v) is 3.33. The first-order chi connectivity index (χ1) is 8.19. The van der Waals surface area contributed by atoms with E-state index in [1.807, 2.05) is 0 Å². The Labute approximate surface area is 108 Å². The number of carbonyl (C=O) groups is 1. The fraction of sp³-hybridized carbons (Fsp3) is 0.500. The highest BCUT2D eigenvalue weighted by Crippen LogP contribution is 2.27. The van der Waals surface area contributed by atoms with Crippen LogP contribution in [-0.4, -0.2) is 24.6 Å². The van der Waals surface area contributed by atoms with Gasteiger partial charge < -0.3 is 10.1 Å². The van der Waals surface area contributed by atoms with E-state index < -0.39 is 5.97 Å². The number of carbonyl (C=O) groups excluding carboxylic acids is 1. The zero-order valence-electron chi connectivity index (χ0n) is 9.33. The van der Waals surface area contributed by atoms with Crippen LogP contribution < -0.4 is 5.32 Å². The van der Waals surface area contributed by atoms with Crippen LogP contribution in [0.15, 0.2) is 0 Å². The van der Waals surface area contributed by atoms with Crippen molar-refractivity contribution >= 4 is 34.0 Å². The lowest BCUT2D eigenvalue weighted by molar-refractivity contribution is 0.0606. The Morgan fingerprint density at radius 2 is 2.41 bits per heavy atom. The fourth-order valence-electron chi connectivity index (χ4n) is 1.12. The van der Waals surface area contributed by atoms with Crippen molar-refractivity contribution in [2.24, 2.45) is 0 Å². The molecule has 0 saturated carbocycles. The van der Waals surface area contributed by atoms with Crippen LogP contribution in [-0.2, 0) is 4.74 Å². The maximum Gasteiger partial charge on any atom is 0.351 e. The molecule has 0 bridgehead atoms. The number of nitriles is 1. The van der Waals surface area contributed by atoms with Crippen LogP contribution >= 0.6 is 22.9 Å². The molecule has 0 amide bonds. The third-order valence-electron chi connectivity index (χ3n) is 1.95. The Morgan fingerprint density at radius 1 is 1.65 bits per heavy atom. The van der Waals surface area contributed by atoms with E-state index in [2.05, 4.69) is 21.1 Å². The Kier molecular flexibility index (Phi) is 5.73. The third kappa shape index (κ3) is 4.21. The average Bonchev–Trinajstić information content (AvgIpc) is 2.69. The topological polar surface area (TPSA) is 75.0 Å². The van der Waals surface area contributed by atoms with Crippen molar-refractivity contribution < 1.29 is 9.53 Å². The largest absolute Gasteiger partial charge is 0.465 e. The quantitative estimate of drug-likeness (QED) is 0.637. The summed E-state index contributed by atoms with van der Waals surface area (Å²) in [6, 6.07) is 2.08. The lowest BCUT2D eigenvalue weighted by Crippen LogP contribution is -2.00. The summed E-state index contributed by atoms with van der Waals surface area (Å²) < 4.78 is 4.57. The number of hydrogen-bond acceptors (Lipinski definition) is 6. The zero-order valence-corrected chi connectivity index (χ0v) is 10.9. The number of methoxy groups -OCH3 is 1. The number of nitrogens with zero attached hydrogens (tertiary/aromatic N) is 2. The molecule has 0 aliphatic rings. The number of nitrogens with one attached hydrogen (secondary N) is 1. The first-order valence-electron chi connectivity index (χ1n) is 5.04. The lowest BCUT2D eigenvalue weighted by atomic mass is 10.2. The highest BCUT2D eigenvalue weighted by atomic mass is 35.5. The zero-order chi connectivity index (χ0) is 12.7. The normalized spacial score (nSPS) is 9.71. The molecule has 1 rings (SSSR count). The van der Waals surface area contributed by atoms with Gasteiger partial charge in [-0.3, -0.25) is 0 Å². The van der Waals surface area contributed by atoms with Gasteiger partial charge in [0.05, 0.1) is 13.2 Å². The van der Waals surface area contributed by atoms with Crippen molar-refractivity contribution in [3.63, 3.8) is 0 Å². The van der Waals surface area contributed by atoms with Crippen molar-refractivity contribution in [1.29, 1.82) is 5.26 Å². The molecule has 0 fully saturated rings. The van der Waals surface area contributed by atoms with Crippen molar-refractivity contribution in [1.82, 2.24) is 4.98 Å². The molecule has 92 valence electrons. The first kappa shape index (κ1) is 13.7. The molecule has 1 aromatic heterocycles. The minimum atomic E-state index is -0.481. The molecule has 0 aliphatic heterocycles. The minimum absolute atomic E-state index is 0.154. The van der Waals surface area contributed by atoms with Crippen LogP contribution in [0.1, 0.15) is 28.9 Å². The van der Waals surface area contributed by atoms with Gasteiger partial charge in [0.1, 0.15) is 0 Å². The van der Waals surface area contributed by atoms with Crippen molar-refractivity contribution in [2.75, 3.05) is 19.0 Å². The maximum atomic E-state index is 11.3.